The van der Waals surface area contributed by atoms with Crippen LogP contribution in [0.25, 0.3) is 22.4 Å². The van der Waals surface area contributed by atoms with Gasteiger partial charge in [-0.2, -0.15) is 4.31 Å². The number of carbonyl (C=O) groups is 1. The Morgan fingerprint density at radius 2 is 1.97 bits per heavy atom. The molecule has 3 aromatic rings. The Kier molecular flexibility index (Phi) is 7.02. The molecule has 1 aromatic heterocycles. The van der Waals surface area contributed by atoms with Crippen LogP contribution in [0.1, 0.15) is 44.9 Å². The highest BCUT2D eigenvalue weighted by Crippen LogP contribution is 2.27. The van der Waals surface area contributed by atoms with Gasteiger partial charge in [-0.25, -0.2) is 13.4 Å². The quantitative estimate of drug-likeness (QED) is 0.470. The number of aromatic amines is 1. The van der Waals surface area contributed by atoms with E-state index < -0.39 is 10.0 Å². The van der Waals surface area contributed by atoms with Gasteiger partial charge in [-0.1, -0.05) is 42.0 Å². The average Bonchev–Trinajstić information content (AvgIpc) is 3.33. The fourth-order valence-electron chi connectivity index (χ4n) is 5.03. The minimum Gasteiger partial charge on any atom is -0.356 e. The summed E-state index contributed by atoms with van der Waals surface area (Å²) in [7, 11) is -3.72. The molecule has 1 amide bonds. The summed E-state index contributed by atoms with van der Waals surface area (Å²) in [4.78, 5) is 20.9. The van der Waals surface area contributed by atoms with Crippen molar-refractivity contribution in [3.63, 3.8) is 0 Å². The van der Waals surface area contributed by atoms with Gasteiger partial charge < -0.3 is 10.3 Å². The number of rotatable bonds is 7. The van der Waals surface area contributed by atoms with Crippen molar-refractivity contribution in [1.29, 1.82) is 0 Å². The monoisotopic (exact) mass is 492 g/mol. The van der Waals surface area contributed by atoms with E-state index in [1.807, 2.05) is 30.3 Å². The zero-order chi connectivity index (χ0) is 24.3. The van der Waals surface area contributed by atoms with Crippen molar-refractivity contribution in [2.75, 3.05) is 19.6 Å². The van der Waals surface area contributed by atoms with Crippen molar-refractivity contribution in [2.45, 2.75) is 49.8 Å². The zero-order valence-corrected chi connectivity index (χ0v) is 20.7. The topological polar surface area (TPSA) is 95.2 Å². The standard InChI is InChI=1S/C27H32N4O3S/c32-27(28-16-15-20-8-3-1-4-9-20)22-12-7-17-31(19-22)35(33,34)23-13-14-24-25(18-23)30-26(29-24)21-10-5-2-6-11-21/h2,5-6,8,10-11,13-14,18,22H,1,3-4,7,9,12,15-17,19H2,(H,28,32)(H,29,30)/t22-/m1/s1. The molecule has 1 atom stereocenters. The van der Waals surface area contributed by atoms with E-state index in [9.17, 15) is 13.2 Å². The van der Waals surface area contributed by atoms with Crippen LogP contribution in [0, 0.1) is 5.92 Å². The molecule has 2 aliphatic rings. The number of imidazole rings is 1. The predicted octanol–water partition coefficient (Wildman–Crippen LogP) is 4.64. The van der Waals surface area contributed by atoms with Crippen molar-refractivity contribution in [3.05, 3.63) is 60.2 Å². The molecule has 2 aromatic carbocycles. The van der Waals surface area contributed by atoms with Gasteiger partial charge in [-0.3, -0.25) is 4.79 Å². The van der Waals surface area contributed by atoms with Crippen LogP contribution in [0.5, 0.6) is 0 Å². The number of piperidine rings is 1. The van der Waals surface area contributed by atoms with Crippen LogP contribution in [-0.2, 0) is 14.8 Å². The molecule has 1 fully saturated rings. The molecule has 8 heteroatoms. The fraction of sp³-hybridized carbons (Fsp3) is 0.407. The Labute approximate surface area is 206 Å². The lowest BCUT2D eigenvalue weighted by molar-refractivity contribution is -0.126. The minimum absolute atomic E-state index is 0.0437. The Bertz CT molecular complexity index is 1330. The summed E-state index contributed by atoms with van der Waals surface area (Å²) in [6, 6.07) is 14.7. The van der Waals surface area contributed by atoms with E-state index in [1.54, 1.807) is 18.2 Å². The highest BCUT2D eigenvalue weighted by molar-refractivity contribution is 7.89. The molecular weight excluding hydrogens is 460 g/mol. The molecule has 5 rings (SSSR count). The minimum atomic E-state index is -3.72. The van der Waals surface area contributed by atoms with Crippen LogP contribution < -0.4 is 5.32 Å². The van der Waals surface area contributed by atoms with Crippen molar-refractivity contribution >= 4 is 27.0 Å². The first kappa shape index (κ1) is 23.8. The van der Waals surface area contributed by atoms with E-state index in [4.69, 9.17) is 0 Å². The number of H-pyrrole nitrogens is 1. The Morgan fingerprint density at radius 1 is 1.11 bits per heavy atom. The summed E-state index contributed by atoms with van der Waals surface area (Å²) in [5.41, 5.74) is 3.76. The number of fused-ring (bicyclic) bond motifs is 1. The summed E-state index contributed by atoms with van der Waals surface area (Å²) >= 11 is 0. The first-order chi connectivity index (χ1) is 17.0. The first-order valence-corrected chi connectivity index (χ1v) is 14.0. The van der Waals surface area contributed by atoms with Gasteiger partial charge in [0.15, 0.2) is 0 Å². The molecule has 0 spiro atoms. The molecule has 35 heavy (non-hydrogen) atoms. The number of nitrogens with zero attached hydrogens (tertiary/aromatic N) is 2. The molecule has 0 saturated carbocycles. The number of hydrogen-bond donors (Lipinski definition) is 2. The third kappa shape index (κ3) is 5.33. The van der Waals surface area contributed by atoms with Crippen LogP contribution in [0.2, 0.25) is 0 Å². The molecule has 7 nitrogen and oxygen atoms in total. The van der Waals surface area contributed by atoms with Gasteiger partial charge in [0.1, 0.15) is 5.82 Å². The Morgan fingerprint density at radius 3 is 2.77 bits per heavy atom. The lowest BCUT2D eigenvalue weighted by Gasteiger charge is -2.31. The number of nitrogens with one attached hydrogen (secondary N) is 2. The molecule has 1 saturated heterocycles. The van der Waals surface area contributed by atoms with E-state index >= 15 is 0 Å². The maximum Gasteiger partial charge on any atom is 0.243 e. The number of sulfonamides is 1. The van der Waals surface area contributed by atoms with Crippen molar-refractivity contribution in [3.8, 4) is 11.4 Å². The molecule has 184 valence electrons. The fourth-order valence-corrected chi connectivity index (χ4v) is 6.58. The normalized spacial score (nSPS) is 19.4. The predicted molar refractivity (Wildman–Crippen MR) is 137 cm³/mol. The number of carbonyl (C=O) groups excluding carboxylic acids is 1. The van der Waals surface area contributed by atoms with Gasteiger partial charge in [-0.15, -0.1) is 0 Å². The van der Waals surface area contributed by atoms with Gasteiger partial charge in [-0.05, 0) is 63.1 Å². The van der Waals surface area contributed by atoms with E-state index in [1.165, 1.54) is 22.7 Å². The molecular formula is C27H32N4O3S. The molecule has 0 radical (unpaired) electrons. The zero-order valence-electron chi connectivity index (χ0n) is 19.9. The SMILES string of the molecule is O=C(NCCC1=CCCCC1)[C@@H]1CCCN(S(=O)(=O)c2ccc3nc(-c4ccccc4)[nH]c3c2)C1. The van der Waals surface area contributed by atoms with Gasteiger partial charge in [0.25, 0.3) is 0 Å². The van der Waals surface area contributed by atoms with Gasteiger partial charge in [0.05, 0.1) is 21.8 Å². The second kappa shape index (κ2) is 10.3. The third-order valence-electron chi connectivity index (χ3n) is 7.02. The van der Waals surface area contributed by atoms with Crippen molar-refractivity contribution in [1.82, 2.24) is 19.6 Å². The highest BCUT2D eigenvalue weighted by atomic mass is 32.2. The molecule has 0 bridgehead atoms. The lowest BCUT2D eigenvalue weighted by atomic mass is 9.96. The largest absolute Gasteiger partial charge is 0.356 e. The molecule has 2 N–H and O–H groups in total. The third-order valence-corrected chi connectivity index (χ3v) is 8.88. The van der Waals surface area contributed by atoms with E-state index in [0.29, 0.717) is 42.8 Å². The Balaban J connectivity index is 1.26. The lowest BCUT2D eigenvalue weighted by Crippen LogP contribution is -2.45. The summed E-state index contributed by atoms with van der Waals surface area (Å²) in [5, 5.41) is 3.04. The summed E-state index contributed by atoms with van der Waals surface area (Å²) in [5.74, 6) is 0.339. The van der Waals surface area contributed by atoms with E-state index in [-0.39, 0.29) is 23.3 Å². The maximum absolute atomic E-state index is 13.4. The maximum atomic E-state index is 13.4. The van der Waals surface area contributed by atoms with E-state index in [0.717, 1.165) is 24.8 Å². The summed E-state index contributed by atoms with van der Waals surface area (Å²) < 4.78 is 28.4. The smallest absolute Gasteiger partial charge is 0.243 e. The van der Waals surface area contributed by atoms with Crippen LogP contribution in [0.4, 0.5) is 0 Å². The van der Waals surface area contributed by atoms with Gasteiger partial charge in [0.2, 0.25) is 15.9 Å². The first-order valence-electron chi connectivity index (χ1n) is 12.5. The molecule has 2 heterocycles. The molecule has 1 aliphatic carbocycles. The highest BCUT2D eigenvalue weighted by Gasteiger charge is 2.33. The molecule has 1 aliphatic heterocycles. The van der Waals surface area contributed by atoms with E-state index in [2.05, 4.69) is 21.4 Å². The van der Waals surface area contributed by atoms with Crippen LogP contribution in [0.3, 0.4) is 0 Å². The Hall–Kier alpha value is -2.97. The second-order valence-corrected chi connectivity index (χ2v) is 11.4. The second-order valence-electron chi connectivity index (χ2n) is 9.48. The number of benzene rings is 2. The van der Waals surface area contributed by atoms with Crippen molar-refractivity contribution < 1.29 is 13.2 Å². The average molecular weight is 493 g/mol. The summed E-state index contributed by atoms with van der Waals surface area (Å²) in [6.45, 7) is 1.26. The van der Waals surface area contributed by atoms with Crippen molar-refractivity contribution in [2.24, 2.45) is 5.92 Å². The number of hydrogen-bond acceptors (Lipinski definition) is 4. The number of aromatic nitrogens is 2. The number of amides is 1. The molecule has 0 unspecified atom stereocenters. The van der Waals surface area contributed by atoms with Gasteiger partial charge in [0, 0.05) is 25.2 Å². The summed E-state index contributed by atoms with van der Waals surface area (Å²) in [6.07, 6.45) is 9.30. The van der Waals surface area contributed by atoms with Crippen LogP contribution in [-0.4, -0.2) is 48.2 Å². The number of allylic oxidation sites excluding steroid dienone is 1. The van der Waals surface area contributed by atoms with Gasteiger partial charge >= 0.3 is 0 Å². The van der Waals surface area contributed by atoms with Crippen LogP contribution in [0.15, 0.2) is 65.1 Å². The van der Waals surface area contributed by atoms with Crippen LogP contribution >= 0.6 is 0 Å².